The molecule has 1 aliphatic rings. The van der Waals surface area contributed by atoms with Crippen LogP contribution in [0.25, 0.3) is 0 Å². The van der Waals surface area contributed by atoms with Gasteiger partial charge in [0.05, 0.1) is 4.90 Å². The molecule has 1 aliphatic carbocycles. The van der Waals surface area contributed by atoms with Crippen molar-refractivity contribution in [2.45, 2.75) is 69.4 Å². The van der Waals surface area contributed by atoms with Crippen LogP contribution < -0.4 is 15.4 Å². The molecule has 1 saturated carbocycles. The topological polar surface area (TPSA) is 82.6 Å². The van der Waals surface area contributed by atoms with E-state index in [0.717, 1.165) is 23.9 Å². The van der Waals surface area contributed by atoms with E-state index in [1.165, 1.54) is 45.6 Å². The van der Waals surface area contributed by atoms with Gasteiger partial charge in [0.1, 0.15) is 0 Å². The highest BCUT2D eigenvalue weighted by molar-refractivity contribution is 7.89. The first-order valence-corrected chi connectivity index (χ1v) is 11.4. The van der Waals surface area contributed by atoms with Crippen LogP contribution in [0.5, 0.6) is 0 Å². The van der Waals surface area contributed by atoms with Gasteiger partial charge in [-0.15, -0.1) is 0 Å². The van der Waals surface area contributed by atoms with Crippen LogP contribution >= 0.6 is 0 Å². The van der Waals surface area contributed by atoms with Crippen LogP contribution in [0.2, 0.25) is 0 Å². The second-order valence-corrected chi connectivity index (χ2v) is 9.29. The van der Waals surface area contributed by atoms with Crippen LogP contribution in [-0.4, -0.2) is 34.5 Å². The molecule has 27 heavy (non-hydrogen) atoms. The number of hydrogen-bond donors (Lipinski definition) is 3. The Morgan fingerprint density at radius 3 is 2.44 bits per heavy atom. The number of benzene rings is 1. The van der Waals surface area contributed by atoms with Crippen molar-refractivity contribution in [1.82, 2.24) is 15.4 Å². The monoisotopic (exact) mass is 394 g/mol. The molecule has 0 aromatic heterocycles. The Labute approximate surface area is 164 Å². The van der Waals surface area contributed by atoms with Gasteiger partial charge >= 0.3 is 0 Å². The molecule has 0 aliphatic heterocycles. The van der Waals surface area contributed by atoms with Crippen molar-refractivity contribution >= 4 is 16.0 Å². The maximum absolute atomic E-state index is 11.8. The number of hydrogen-bond acceptors (Lipinski definition) is 3. The smallest absolute Gasteiger partial charge is 0.240 e. The Kier molecular flexibility index (Phi) is 8.57. The Hall–Kier alpha value is -1.60. The molecular formula is C20H34N4O2S. The van der Waals surface area contributed by atoms with Crippen LogP contribution in [0.4, 0.5) is 0 Å². The van der Waals surface area contributed by atoms with Gasteiger partial charge in [-0.3, -0.25) is 4.99 Å². The van der Waals surface area contributed by atoms with E-state index in [2.05, 4.69) is 27.3 Å². The van der Waals surface area contributed by atoms with Crippen molar-refractivity contribution in [3.8, 4) is 0 Å². The zero-order valence-corrected chi connectivity index (χ0v) is 17.6. The Morgan fingerprint density at radius 1 is 1.19 bits per heavy atom. The minimum absolute atomic E-state index is 0.271. The van der Waals surface area contributed by atoms with Gasteiger partial charge in [0.15, 0.2) is 5.96 Å². The summed E-state index contributed by atoms with van der Waals surface area (Å²) in [5, 5.41) is 6.75. The van der Waals surface area contributed by atoms with Gasteiger partial charge < -0.3 is 10.6 Å². The molecule has 1 unspecified atom stereocenters. The molecule has 0 spiro atoms. The zero-order chi connectivity index (χ0) is 19.7. The van der Waals surface area contributed by atoms with Gasteiger partial charge in [-0.1, -0.05) is 44.2 Å². The largest absolute Gasteiger partial charge is 0.354 e. The number of guanidine groups is 1. The van der Waals surface area contributed by atoms with Gasteiger partial charge in [0, 0.05) is 19.6 Å². The third kappa shape index (κ3) is 7.14. The molecule has 3 N–H and O–H groups in total. The van der Waals surface area contributed by atoms with Crippen molar-refractivity contribution in [3.63, 3.8) is 0 Å². The van der Waals surface area contributed by atoms with Crippen LogP contribution in [0.3, 0.4) is 0 Å². The number of rotatable bonds is 8. The number of nitrogens with one attached hydrogen (secondary N) is 3. The predicted molar refractivity (Wildman–Crippen MR) is 111 cm³/mol. The molecule has 0 radical (unpaired) electrons. The lowest BCUT2D eigenvalue weighted by atomic mass is 9.85. The van der Waals surface area contributed by atoms with Crippen LogP contribution in [0, 0.1) is 5.92 Å². The SMILES string of the molecule is CN=C(NCc1ccc(S(=O)(=O)NC)cc1)NC(C)CCC1CCCCC1. The third-order valence-corrected chi connectivity index (χ3v) is 6.73. The average Bonchev–Trinajstić information content (AvgIpc) is 2.70. The van der Waals surface area contributed by atoms with Gasteiger partial charge in [-0.2, -0.15) is 0 Å². The first kappa shape index (κ1) is 21.7. The van der Waals surface area contributed by atoms with Gasteiger partial charge in [0.25, 0.3) is 0 Å². The lowest BCUT2D eigenvalue weighted by Crippen LogP contribution is -2.42. The summed E-state index contributed by atoms with van der Waals surface area (Å²) in [4.78, 5) is 4.57. The van der Waals surface area contributed by atoms with Crippen molar-refractivity contribution in [2.24, 2.45) is 10.9 Å². The molecule has 0 heterocycles. The van der Waals surface area contributed by atoms with Crippen LogP contribution in [0.15, 0.2) is 34.2 Å². The summed E-state index contributed by atoms with van der Waals surface area (Å²) in [7, 11) is -0.207. The minimum Gasteiger partial charge on any atom is -0.354 e. The van der Waals surface area contributed by atoms with E-state index < -0.39 is 10.0 Å². The number of sulfonamides is 1. The summed E-state index contributed by atoms with van der Waals surface area (Å²) in [6, 6.07) is 7.24. The average molecular weight is 395 g/mol. The maximum atomic E-state index is 11.8. The van der Waals surface area contributed by atoms with Crippen molar-refractivity contribution in [3.05, 3.63) is 29.8 Å². The molecule has 1 fully saturated rings. The lowest BCUT2D eigenvalue weighted by Gasteiger charge is -2.24. The van der Waals surface area contributed by atoms with Crippen molar-refractivity contribution in [1.29, 1.82) is 0 Å². The van der Waals surface area contributed by atoms with Gasteiger partial charge in [-0.05, 0) is 50.4 Å². The summed E-state index contributed by atoms with van der Waals surface area (Å²) >= 11 is 0. The second kappa shape index (κ2) is 10.7. The number of aliphatic imine (C=N–C) groups is 1. The molecule has 1 aromatic carbocycles. The Morgan fingerprint density at radius 2 is 1.85 bits per heavy atom. The first-order chi connectivity index (χ1) is 12.9. The standard InChI is InChI=1S/C20H34N4O2S/c1-16(9-10-17-7-5-4-6-8-17)24-20(21-2)23-15-18-11-13-19(14-12-18)27(25,26)22-3/h11-14,16-17,22H,4-10,15H2,1-3H3,(H2,21,23,24). The van der Waals surface area contributed by atoms with Gasteiger partial charge in [-0.25, -0.2) is 13.1 Å². The maximum Gasteiger partial charge on any atom is 0.240 e. The summed E-state index contributed by atoms with van der Waals surface area (Å²) in [6.45, 7) is 2.79. The highest BCUT2D eigenvalue weighted by Crippen LogP contribution is 2.27. The summed E-state index contributed by atoms with van der Waals surface area (Å²) in [6.07, 6.45) is 9.41. The van der Waals surface area contributed by atoms with E-state index in [0.29, 0.717) is 12.6 Å². The van der Waals surface area contributed by atoms with Crippen molar-refractivity contribution in [2.75, 3.05) is 14.1 Å². The summed E-state index contributed by atoms with van der Waals surface area (Å²) in [5.74, 6) is 1.67. The predicted octanol–water partition coefficient (Wildman–Crippen LogP) is 3.01. The van der Waals surface area contributed by atoms with E-state index in [1.807, 2.05) is 12.1 Å². The highest BCUT2D eigenvalue weighted by Gasteiger charge is 2.15. The molecule has 1 aromatic rings. The molecule has 6 nitrogen and oxygen atoms in total. The fourth-order valence-electron chi connectivity index (χ4n) is 3.55. The normalized spacial score (nSPS) is 17.5. The molecular weight excluding hydrogens is 360 g/mol. The molecule has 152 valence electrons. The fourth-order valence-corrected chi connectivity index (χ4v) is 4.28. The highest BCUT2D eigenvalue weighted by atomic mass is 32.2. The van der Waals surface area contributed by atoms with E-state index in [1.54, 1.807) is 19.2 Å². The molecule has 0 saturated heterocycles. The van der Waals surface area contributed by atoms with Gasteiger partial charge in [0.2, 0.25) is 10.0 Å². The summed E-state index contributed by atoms with van der Waals surface area (Å²) in [5.41, 5.74) is 1.00. The zero-order valence-electron chi connectivity index (χ0n) is 16.8. The Balaban J connectivity index is 1.77. The van der Waals surface area contributed by atoms with Crippen LogP contribution in [0.1, 0.15) is 57.4 Å². The van der Waals surface area contributed by atoms with Crippen molar-refractivity contribution < 1.29 is 8.42 Å². The number of nitrogens with zero attached hydrogens (tertiary/aromatic N) is 1. The molecule has 7 heteroatoms. The second-order valence-electron chi connectivity index (χ2n) is 7.40. The van der Waals surface area contributed by atoms with Crippen LogP contribution in [-0.2, 0) is 16.6 Å². The van der Waals surface area contributed by atoms with E-state index in [-0.39, 0.29) is 4.90 Å². The van der Waals surface area contributed by atoms with E-state index >= 15 is 0 Å². The lowest BCUT2D eigenvalue weighted by molar-refractivity contribution is 0.322. The molecule has 0 bridgehead atoms. The third-order valence-electron chi connectivity index (χ3n) is 5.30. The summed E-state index contributed by atoms with van der Waals surface area (Å²) < 4.78 is 25.9. The van der Waals surface area contributed by atoms with E-state index in [4.69, 9.17) is 0 Å². The molecule has 0 amide bonds. The molecule has 1 atom stereocenters. The minimum atomic E-state index is -3.39. The van der Waals surface area contributed by atoms with E-state index in [9.17, 15) is 8.42 Å². The first-order valence-electron chi connectivity index (χ1n) is 9.94. The molecule has 2 rings (SSSR count). The quantitative estimate of drug-likeness (QED) is 0.468. The fraction of sp³-hybridized carbons (Fsp3) is 0.650. The Bertz CT molecular complexity index is 695.